The molecule has 13 heavy (non-hydrogen) atoms. The summed E-state index contributed by atoms with van der Waals surface area (Å²) in [6.07, 6.45) is 6.16. The fraction of sp³-hybridized carbons (Fsp3) is 0.400. The SMILES string of the molecule is O=C(CC1CC1)c1cncc(Cl)c1. The number of Topliss-reactive ketones (excluding diaryl/α,β-unsaturated/α-hetero) is 1. The maximum Gasteiger partial charge on any atom is 0.164 e. The van der Waals surface area contributed by atoms with Gasteiger partial charge in [-0.1, -0.05) is 11.6 Å². The van der Waals surface area contributed by atoms with Crippen LogP contribution in [0.1, 0.15) is 29.6 Å². The van der Waals surface area contributed by atoms with Crippen LogP contribution >= 0.6 is 11.6 Å². The minimum Gasteiger partial charge on any atom is -0.294 e. The van der Waals surface area contributed by atoms with Crippen molar-refractivity contribution in [2.75, 3.05) is 0 Å². The normalized spacial score (nSPS) is 15.8. The molecule has 3 heteroatoms. The first kappa shape index (κ1) is 8.70. The number of halogens is 1. The Bertz CT molecular complexity index is 333. The molecule has 0 spiro atoms. The fourth-order valence-corrected chi connectivity index (χ4v) is 1.44. The number of hydrogen-bond acceptors (Lipinski definition) is 2. The predicted octanol–water partition coefficient (Wildman–Crippen LogP) is 2.72. The van der Waals surface area contributed by atoms with Gasteiger partial charge in [-0.2, -0.15) is 0 Å². The molecule has 68 valence electrons. The number of hydrogen-bond donors (Lipinski definition) is 0. The Morgan fingerprint density at radius 1 is 1.54 bits per heavy atom. The molecule has 1 saturated carbocycles. The molecule has 1 heterocycles. The number of pyridine rings is 1. The molecule has 0 unspecified atom stereocenters. The number of ketones is 1. The van der Waals surface area contributed by atoms with E-state index in [9.17, 15) is 4.79 Å². The van der Waals surface area contributed by atoms with E-state index in [2.05, 4.69) is 4.98 Å². The monoisotopic (exact) mass is 195 g/mol. The first-order valence-electron chi connectivity index (χ1n) is 4.39. The smallest absolute Gasteiger partial charge is 0.164 e. The van der Waals surface area contributed by atoms with Crippen LogP contribution in [0.15, 0.2) is 18.5 Å². The number of carbonyl (C=O) groups excluding carboxylic acids is 1. The summed E-state index contributed by atoms with van der Waals surface area (Å²) in [5.74, 6) is 0.781. The Balaban J connectivity index is 2.09. The van der Waals surface area contributed by atoms with Crippen LogP contribution in [-0.2, 0) is 0 Å². The predicted molar refractivity (Wildman–Crippen MR) is 50.9 cm³/mol. The summed E-state index contributed by atoms with van der Waals surface area (Å²) in [6, 6.07) is 1.68. The molecule has 1 aromatic rings. The average molecular weight is 196 g/mol. The van der Waals surface area contributed by atoms with E-state index in [0.29, 0.717) is 22.9 Å². The second-order valence-corrected chi connectivity index (χ2v) is 3.90. The molecule has 0 saturated heterocycles. The van der Waals surface area contributed by atoms with E-state index < -0.39 is 0 Å². The van der Waals surface area contributed by atoms with Crippen LogP contribution < -0.4 is 0 Å². The van der Waals surface area contributed by atoms with Gasteiger partial charge in [0.2, 0.25) is 0 Å². The Hall–Kier alpha value is -0.890. The van der Waals surface area contributed by atoms with Crippen LogP contribution in [0.25, 0.3) is 0 Å². The molecule has 0 atom stereocenters. The van der Waals surface area contributed by atoms with Gasteiger partial charge in [-0.3, -0.25) is 9.78 Å². The van der Waals surface area contributed by atoms with Crippen LogP contribution in [-0.4, -0.2) is 10.8 Å². The van der Waals surface area contributed by atoms with E-state index in [-0.39, 0.29) is 5.78 Å². The van der Waals surface area contributed by atoms with Crippen LogP contribution in [0.4, 0.5) is 0 Å². The Morgan fingerprint density at radius 3 is 2.92 bits per heavy atom. The second-order valence-electron chi connectivity index (χ2n) is 3.46. The van der Waals surface area contributed by atoms with E-state index in [1.807, 2.05) is 0 Å². The van der Waals surface area contributed by atoms with Gasteiger partial charge in [0.05, 0.1) is 5.02 Å². The van der Waals surface area contributed by atoms with Gasteiger partial charge in [-0.05, 0) is 24.8 Å². The molecule has 1 aliphatic rings. The second kappa shape index (κ2) is 3.46. The third kappa shape index (κ3) is 2.28. The molecule has 0 radical (unpaired) electrons. The molecule has 0 bridgehead atoms. The van der Waals surface area contributed by atoms with Crippen molar-refractivity contribution in [2.45, 2.75) is 19.3 Å². The highest BCUT2D eigenvalue weighted by Gasteiger charge is 2.24. The number of nitrogens with zero attached hydrogens (tertiary/aromatic N) is 1. The summed E-state index contributed by atoms with van der Waals surface area (Å²) < 4.78 is 0. The zero-order chi connectivity index (χ0) is 9.26. The summed E-state index contributed by atoms with van der Waals surface area (Å²) in [6.45, 7) is 0. The molecule has 0 aliphatic heterocycles. The quantitative estimate of drug-likeness (QED) is 0.695. The van der Waals surface area contributed by atoms with Crippen molar-refractivity contribution >= 4 is 17.4 Å². The van der Waals surface area contributed by atoms with Gasteiger partial charge < -0.3 is 0 Å². The van der Waals surface area contributed by atoms with Crippen LogP contribution in [0.2, 0.25) is 5.02 Å². The Labute approximate surface area is 81.9 Å². The molecular weight excluding hydrogens is 186 g/mol. The van der Waals surface area contributed by atoms with Gasteiger partial charge in [0, 0.05) is 24.4 Å². The zero-order valence-corrected chi connectivity index (χ0v) is 7.92. The van der Waals surface area contributed by atoms with E-state index in [0.717, 1.165) is 0 Å². The third-order valence-corrected chi connectivity index (χ3v) is 2.40. The lowest BCUT2D eigenvalue weighted by molar-refractivity contribution is 0.0975. The maximum atomic E-state index is 11.5. The van der Waals surface area contributed by atoms with Crippen LogP contribution in [0, 0.1) is 5.92 Å². The Morgan fingerprint density at radius 2 is 2.31 bits per heavy atom. The van der Waals surface area contributed by atoms with E-state index in [1.54, 1.807) is 12.3 Å². The number of carbonyl (C=O) groups is 1. The molecule has 1 aromatic heterocycles. The molecule has 2 nitrogen and oxygen atoms in total. The lowest BCUT2D eigenvalue weighted by atomic mass is 10.1. The topological polar surface area (TPSA) is 30.0 Å². The molecule has 1 fully saturated rings. The first-order chi connectivity index (χ1) is 6.25. The van der Waals surface area contributed by atoms with Gasteiger partial charge in [-0.15, -0.1) is 0 Å². The van der Waals surface area contributed by atoms with Crippen molar-refractivity contribution in [3.63, 3.8) is 0 Å². The van der Waals surface area contributed by atoms with Crippen molar-refractivity contribution in [3.8, 4) is 0 Å². The van der Waals surface area contributed by atoms with Crippen molar-refractivity contribution < 1.29 is 4.79 Å². The average Bonchev–Trinajstić information content (AvgIpc) is 2.88. The van der Waals surface area contributed by atoms with Gasteiger partial charge >= 0.3 is 0 Å². The Kier molecular flexibility index (Phi) is 2.32. The van der Waals surface area contributed by atoms with Crippen molar-refractivity contribution in [3.05, 3.63) is 29.0 Å². The van der Waals surface area contributed by atoms with Gasteiger partial charge in [0.15, 0.2) is 5.78 Å². The zero-order valence-electron chi connectivity index (χ0n) is 7.16. The largest absolute Gasteiger partial charge is 0.294 e. The van der Waals surface area contributed by atoms with Crippen LogP contribution in [0.5, 0.6) is 0 Å². The molecule has 1 aliphatic carbocycles. The van der Waals surface area contributed by atoms with Crippen molar-refractivity contribution in [1.82, 2.24) is 4.98 Å². The lowest BCUT2D eigenvalue weighted by Gasteiger charge is -1.98. The molecule has 0 N–H and O–H groups in total. The summed E-state index contributed by atoms with van der Waals surface area (Å²) in [4.78, 5) is 15.4. The maximum absolute atomic E-state index is 11.5. The van der Waals surface area contributed by atoms with Crippen molar-refractivity contribution in [1.29, 1.82) is 0 Å². The molecule has 0 aromatic carbocycles. The highest BCUT2D eigenvalue weighted by molar-refractivity contribution is 6.30. The number of aromatic nitrogens is 1. The minimum atomic E-state index is 0.164. The van der Waals surface area contributed by atoms with Gasteiger partial charge in [0.25, 0.3) is 0 Å². The number of rotatable bonds is 3. The summed E-state index contributed by atoms with van der Waals surface area (Å²) in [5.41, 5.74) is 0.638. The fourth-order valence-electron chi connectivity index (χ4n) is 1.27. The first-order valence-corrected chi connectivity index (χ1v) is 4.77. The summed E-state index contributed by atoms with van der Waals surface area (Å²) in [7, 11) is 0. The highest BCUT2D eigenvalue weighted by Crippen LogP contribution is 2.33. The third-order valence-electron chi connectivity index (χ3n) is 2.20. The molecular formula is C10H10ClNO. The molecule has 0 amide bonds. The lowest BCUT2D eigenvalue weighted by Crippen LogP contribution is -2.00. The summed E-state index contributed by atoms with van der Waals surface area (Å²) in [5, 5.41) is 0.529. The molecule has 2 rings (SSSR count). The van der Waals surface area contributed by atoms with E-state index in [4.69, 9.17) is 11.6 Å². The highest BCUT2D eigenvalue weighted by atomic mass is 35.5. The van der Waals surface area contributed by atoms with E-state index >= 15 is 0 Å². The van der Waals surface area contributed by atoms with Crippen LogP contribution in [0.3, 0.4) is 0 Å². The van der Waals surface area contributed by atoms with Gasteiger partial charge in [0.1, 0.15) is 0 Å². The standard InChI is InChI=1S/C10H10ClNO/c11-9-4-8(5-12-6-9)10(13)3-7-1-2-7/h4-7H,1-3H2. The summed E-state index contributed by atoms with van der Waals surface area (Å²) >= 11 is 5.73. The van der Waals surface area contributed by atoms with E-state index in [1.165, 1.54) is 19.0 Å². The van der Waals surface area contributed by atoms with Gasteiger partial charge in [-0.25, -0.2) is 0 Å². The van der Waals surface area contributed by atoms with Crippen molar-refractivity contribution in [2.24, 2.45) is 5.92 Å². The minimum absolute atomic E-state index is 0.164.